The first-order valence-electron chi connectivity index (χ1n) is 6.19. The minimum atomic E-state index is -0.936. The average molecular weight is 250 g/mol. The highest BCUT2D eigenvalue weighted by Gasteiger charge is 2.22. The summed E-state index contributed by atoms with van der Waals surface area (Å²) in [5.41, 5.74) is 0.958. The smallest absolute Gasteiger partial charge is 0.337 e. The van der Waals surface area contributed by atoms with Crippen LogP contribution in [0, 0.1) is 18.3 Å². The maximum atomic E-state index is 10.9. The Morgan fingerprint density at radius 3 is 2.50 bits per heavy atom. The van der Waals surface area contributed by atoms with Crippen molar-refractivity contribution in [1.29, 1.82) is 0 Å². The lowest BCUT2D eigenvalue weighted by atomic mass is 9.81. The quantitative estimate of drug-likeness (QED) is 0.842. The van der Waals surface area contributed by atoms with Crippen molar-refractivity contribution < 1.29 is 9.90 Å². The molecule has 0 radical (unpaired) electrons. The Hall–Kier alpha value is -1.58. The lowest BCUT2D eigenvalue weighted by Gasteiger charge is -2.29. The Labute approximate surface area is 108 Å². The molecule has 0 aliphatic heterocycles. The van der Waals surface area contributed by atoms with E-state index in [-0.39, 0.29) is 11.0 Å². The number of aromatic nitrogens is 1. The third kappa shape index (κ3) is 3.45. The predicted octanol–water partition coefficient (Wildman–Crippen LogP) is 3.18. The molecule has 0 atom stereocenters. The standard InChI is InChI=1S/C14H22N2O2/c1-9(2)14(4,5)8-15-12-7-6-11(13(17)18)10(3)16-12/h6-7,9H,8H2,1-5H3,(H,15,16)(H,17,18). The number of hydrogen-bond acceptors (Lipinski definition) is 3. The molecule has 1 aromatic heterocycles. The van der Waals surface area contributed by atoms with Gasteiger partial charge in [0.15, 0.2) is 0 Å². The number of nitrogens with zero attached hydrogens (tertiary/aromatic N) is 1. The molecule has 1 aromatic rings. The van der Waals surface area contributed by atoms with Gasteiger partial charge >= 0.3 is 5.97 Å². The Kier molecular flexibility index (Phi) is 4.33. The van der Waals surface area contributed by atoms with Gasteiger partial charge in [-0.25, -0.2) is 9.78 Å². The molecular formula is C14H22N2O2. The van der Waals surface area contributed by atoms with Crippen molar-refractivity contribution in [3.63, 3.8) is 0 Å². The van der Waals surface area contributed by atoms with Crippen molar-refractivity contribution >= 4 is 11.8 Å². The molecule has 0 aliphatic carbocycles. The molecule has 0 unspecified atom stereocenters. The number of rotatable bonds is 5. The molecule has 100 valence electrons. The number of aromatic carboxylic acids is 1. The molecule has 0 bridgehead atoms. The van der Waals surface area contributed by atoms with Gasteiger partial charge in [-0.1, -0.05) is 27.7 Å². The van der Waals surface area contributed by atoms with Crippen LogP contribution >= 0.6 is 0 Å². The van der Waals surface area contributed by atoms with Gasteiger partial charge in [0.2, 0.25) is 0 Å². The Morgan fingerprint density at radius 1 is 1.44 bits per heavy atom. The molecule has 18 heavy (non-hydrogen) atoms. The molecule has 0 amide bonds. The number of carboxylic acids is 1. The third-order valence-electron chi connectivity index (χ3n) is 3.60. The molecule has 4 heteroatoms. The molecular weight excluding hydrogens is 228 g/mol. The number of pyridine rings is 1. The molecule has 0 aliphatic rings. The van der Waals surface area contributed by atoms with E-state index in [9.17, 15) is 4.79 Å². The Balaban J connectivity index is 2.76. The van der Waals surface area contributed by atoms with Gasteiger partial charge in [-0.15, -0.1) is 0 Å². The van der Waals surface area contributed by atoms with Crippen molar-refractivity contribution in [2.75, 3.05) is 11.9 Å². The lowest BCUT2D eigenvalue weighted by Crippen LogP contribution is -2.28. The molecule has 1 heterocycles. The molecule has 4 nitrogen and oxygen atoms in total. The summed E-state index contributed by atoms with van der Waals surface area (Å²) >= 11 is 0. The first-order chi connectivity index (χ1) is 8.24. The van der Waals surface area contributed by atoms with Crippen molar-refractivity contribution in [2.45, 2.75) is 34.6 Å². The monoisotopic (exact) mass is 250 g/mol. The molecule has 2 N–H and O–H groups in total. The van der Waals surface area contributed by atoms with E-state index in [0.29, 0.717) is 11.6 Å². The maximum absolute atomic E-state index is 10.9. The summed E-state index contributed by atoms with van der Waals surface area (Å²) in [7, 11) is 0. The first-order valence-corrected chi connectivity index (χ1v) is 6.19. The van der Waals surface area contributed by atoms with E-state index in [1.807, 2.05) is 0 Å². The van der Waals surface area contributed by atoms with E-state index in [1.165, 1.54) is 0 Å². The summed E-state index contributed by atoms with van der Waals surface area (Å²) < 4.78 is 0. The molecule has 0 saturated carbocycles. The van der Waals surface area contributed by atoms with Gasteiger partial charge in [-0.3, -0.25) is 0 Å². The van der Waals surface area contributed by atoms with E-state index in [1.54, 1.807) is 19.1 Å². The Morgan fingerprint density at radius 2 is 2.06 bits per heavy atom. The fourth-order valence-corrected chi connectivity index (χ4v) is 1.41. The van der Waals surface area contributed by atoms with E-state index >= 15 is 0 Å². The highest BCUT2D eigenvalue weighted by Crippen LogP contribution is 2.26. The summed E-state index contributed by atoms with van der Waals surface area (Å²) in [6.45, 7) is 11.3. The van der Waals surface area contributed by atoms with Crippen LogP contribution in [0.25, 0.3) is 0 Å². The van der Waals surface area contributed by atoms with Crippen LogP contribution < -0.4 is 5.32 Å². The van der Waals surface area contributed by atoms with Gasteiger partial charge in [0.05, 0.1) is 11.3 Å². The minimum Gasteiger partial charge on any atom is -0.478 e. The second-order valence-electron chi connectivity index (χ2n) is 5.63. The van der Waals surface area contributed by atoms with Crippen molar-refractivity contribution in [3.8, 4) is 0 Å². The molecule has 0 aromatic carbocycles. The highest BCUT2D eigenvalue weighted by molar-refractivity contribution is 5.89. The van der Waals surface area contributed by atoms with Gasteiger partial charge in [0.25, 0.3) is 0 Å². The molecule has 0 spiro atoms. The number of hydrogen-bond donors (Lipinski definition) is 2. The zero-order chi connectivity index (χ0) is 13.9. The highest BCUT2D eigenvalue weighted by atomic mass is 16.4. The summed E-state index contributed by atoms with van der Waals surface area (Å²) in [5.74, 6) is 0.352. The number of anilines is 1. The van der Waals surface area contributed by atoms with E-state index in [2.05, 4.69) is 38.0 Å². The predicted molar refractivity (Wildman–Crippen MR) is 73.0 cm³/mol. The summed E-state index contributed by atoms with van der Waals surface area (Å²) in [4.78, 5) is 15.1. The number of aryl methyl sites for hydroxylation is 1. The van der Waals surface area contributed by atoms with Gasteiger partial charge < -0.3 is 10.4 Å². The third-order valence-corrected chi connectivity index (χ3v) is 3.60. The van der Waals surface area contributed by atoms with Crippen LogP contribution in [0.4, 0.5) is 5.82 Å². The summed E-state index contributed by atoms with van der Waals surface area (Å²) in [6.07, 6.45) is 0. The van der Waals surface area contributed by atoms with Gasteiger partial charge in [0.1, 0.15) is 5.82 Å². The lowest BCUT2D eigenvalue weighted by molar-refractivity contribution is 0.0695. The van der Waals surface area contributed by atoms with Crippen LogP contribution in [-0.4, -0.2) is 22.6 Å². The first kappa shape index (κ1) is 14.5. The number of carbonyl (C=O) groups is 1. The molecule has 1 rings (SSSR count). The zero-order valence-corrected chi connectivity index (χ0v) is 11.7. The van der Waals surface area contributed by atoms with Crippen molar-refractivity contribution in [3.05, 3.63) is 23.4 Å². The SMILES string of the molecule is Cc1nc(NCC(C)(C)C(C)C)ccc1C(=O)O. The fourth-order valence-electron chi connectivity index (χ4n) is 1.41. The van der Waals surface area contributed by atoms with E-state index in [0.717, 1.165) is 12.4 Å². The summed E-state index contributed by atoms with van der Waals surface area (Å²) in [6, 6.07) is 3.31. The van der Waals surface area contributed by atoms with Gasteiger partial charge in [-0.2, -0.15) is 0 Å². The second-order valence-corrected chi connectivity index (χ2v) is 5.63. The Bertz CT molecular complexity index is 439. The fraction of sp³-hybridized carbons (Fsp3) is 0.571. The van der Waals surface area contributed by atoms with Crippen molar-refractivity contribution in [2.24, 2.45) is 11.3 Å². The van der Waals surface area contributed by atoms with E-state index in [4.69, 9.17) is 5.11 Å². The second kappa shape index (κ2) is 5.38. The average Bonchev–Trinajstić information content (AvgIpc) is 2.25. The van der Waals surface area contributed by atoms with Crippen molar-refractivity contribution in [1.82, 2.24) is 4.98 Å². The van der Waals surface area contributed by atoms with Crippen LogP contribution in [0.3, 0.4) is 0 Å². The number of nitrogens with one attached hydrogen (secondary N) is 1. The van der Waals surface area contributed by atoms with Gasteiger partial charge in [-0.05, 0) is 30.4 Å². The topological polar surface area (TPSA) is 62.2 Å². The minimum absolute atomic E-state index is 0.168. The van der Waals surface area contributed by atoms with Crippen LogP contribution in [0.5, 0.6) is 0 Å². The maximum Gasteiger partial charge on any atom is 0.337 e. The number of carboxylic acid groups (broad SMARTS) is 1. The molecule has 0 saturated heterocycles. The normalized spacial score (nSPS) is 11.7. The van der Waals surface area contributed by atoms with Crippen LogP contribution in [0.1, 0.15) is 43.7 Å². The molecule has 0 fully saturated rings. The zero-order valence-electron chi connectivity index (χ0n) is 11.7. The van der Waals surface area contributed by atoms with Gasteiger partial charge in [0, 0.05) is 6.54 Å². The van der Waals surface area contributed by atoms with Crippen LogP contribution in [0.2, 0.25) is 0 Å². The largest absolute Gasteiger partial charge is 0.478 e. The van der Waals surface area contributed by atoms with Crippen LogP contribution in [-0.2, 0) is 0 Å². The van der Waals surface area contributed by atoms with E-state index < -0.39 is 5.97 Å². The van der Waals surface area contributed by atoms with Crippen LogP contribution in [0.15, 0.2) is 12.1 Å². The summed E-state index contributed by atoms with van der Waals surface area (Å²) in [5, 5.41) is 12.2.